The predicted molar refractivity (Wildman–Crippen MR) is 68.3 cm³/mol. The molecule has 0 saturated carbocycles. The van der Waals surface area contributed by atoms with E-state index in [0.29, 0.717) is 6.54 Å². The largest absolute Gasteiger partial charge is 0.329 e. The zero-order chi connectivity index (χ0) is 12.3. The highest BCUT2D eigenvalue weighted by molar-refractivity contribution is 5.20. The van der Waals surface area contributed by atoms with Gasteiger partial charge in [0.1, 0.15) is 0 Å². The Morgan fingerprint density at radius 3 is 2.65 bits per heavy atom. The Morgan fingerprint density at radius 2 is 2.12 bits per heavy atom. The topological polar surface area (TPSA) is 59.1 Å². The summed E-state index contributed by atoms with van der Waals surface area (Å²) in [5.41, 5.74) is 11.8. The van der Waals surface area contributed by atoms with Crippen molar-refractivity contribution in [1.82, 2.24) is 20.2 Å². The maximum atomic E-state index is 5.87. The van der Waals surface area contributed by atoms with Gasteiger partial charge in [-0.05, 0) is 19.8 Å². The molecule has 0 aliphatic carbocycles. The molecule has 5 heteroatoms. The number of nitrogens with two attached hydrogens (primary N) is 1. The molecule has 0 bridgehead atoms. The summed E-state index contributed by atoms with van der Waals surface area (Å²) < 4.78 is 1.90. The molecule has 3 N–H and O–H groups in total. The Balaban J connectivity index is 2.03. The third-order valence-corrected chi connectivity index (χ3v) is 3.58. The van der Waals surface area contributed by atoms with Crippen LogP contribution in [0.3, 0.4) is 0 Å². The van der Waals surface area contributed by atoms with E-state index in [1.165, 1.54) is 30.5 Å². The molecular weight excluding hydrogens is 214 g/mol. The van der Waals surface area contributed by atoms with Gasteiger partial charge in [-0.15, -0.1) is 0 Å². The molecule has 0 aromatic carbocycles. The molecule has 96 valence electrons. The fraction of sp³-hybridized carbons (Fsp3) is 0.750. The van der Waals surface area contributed by atoms with Gasteiger partial charge in [0.05, 0.1) is 12.2 Å². The van der Waals surface area contributed by atoms with Crippen molar-refractivity contribution in [1.29, 1.82) is 0 Å². The van der Waals surface area contributed by atoms with E-state index >= 15 is 0 Å². The van der Waals surface area contributed by atoms with E-state index < -0.39 is 0 Å². The molecule has 0 radical (unpaired) electrons. The van der Waals surface area contributed by atoms with E-state index in [2.05, 4.69) is 22.5 Å². The highest BCUT2D eigenvalue weighted by Crippen LogP contribution is 2.17. The smallest absolute Gasteiger partial charge is 0.0620 e. The minimum Gasteiger partial charge on any atom is -0.329 e. The van der Waals surface area contributed by atoms with Crippen LogP contribution >= 0.6 is 0 Å². The quantitative estimate of drug-likeness (QED) is 0.810. The normalized spacial score (nSPS) is 19.5. The fourth-order valence-electron chi connectivity index (χ4n) is 2.35. The number of aromatic nitrogens is 2. The molecule has 1 aliphatic heterocycles. The lowest BCUT2D eigenvalue weighted by molar-refractivity contribution is 0.130. The van der Waals surface area contributed by atoms with Gasteiger partial charge in [-0.1, -0.05) is 6.42 Å². The highest BCUT2D eigenvalue weighted by Gasteiger charge is 2.19. The minimum absolute atomic E-state index is 0.182. The zero-order valence-corrected chi connectivity index (χ0v) is 10.8. The van der Waals surface area contributed by atoms with E-state index in [1.807, 2.05) is 17.9 Å². The van der Waals surface area contributed by atoms with Crippen LogP contribution in [0, 0.1) is 6.92 Å². The molecule has 1 aliphatic rings. The van der Waals surface area contributed by atoms with Crippen LogP contribution in [0.5, 0.6) is 0 Å². The van der Waals surface area contributed by atoms with E-state index in [4.69, 9.17) is 5.73 Å². The Morgan fingerprint density at radius 1 is 1.41 bits per heavy atom. The van der Waals surface area contributed by atoms with Gasteiger partial charge >= 0.3 is 0 Å². The number of hydrazine groups is 1. The van der Waals surface area contributed by atoms with E-state index in [-0.39, 0.29) is 6.04 Å². The van der Waals surface area contributed by atoms with Gasteiger partial charge in [0, 0.05) is 37.9 Å². The summed E-state index contributed by atoms with van der Waals surface area (Å²) in [7, 11) is 1.97. The average Bonchev–Trinajstić information content (AvgIpc) is 2.69. The van der Waals surface area contributed by atoms with Crippen molar-refractivity contribution in [2.75, 3.05) is 19.6 Å². The summed E-state index contributed by atoms with van der Waals surface area (Å²) >= 11 is 0. The maximum absolute atomic E-state index is 5.87. The van der Waals surface area contributed by atoms with Crippen LogP contribution in [-0.4, -0.2) is 34.4 Å². The first kappa shape index (κ1) is 12.5. The summed E-state index contributed by atoms with van der Waals surface area (Å²) in [6, 6.07) is 0.182. The van der Waals surface area contributed by atoms with Crippen molar-refractivity contribution < 1.29 is 0 Å². The van der Waals surface area contributed by atoms with E-state index in [0.717, 1.165) is 13.1 Å². The monoisotopic (exact) mass is 237 g/mol. The van der Waals surface area contributed by atoms with Gasteiger partial charge in [0.25, 0.3) is 0 Å². The Hall–Kier alpha value is -0.910. The van der Waals surface area contributed by atoms with Crippen LogP contribution in [0.15, 0.2) is 6.20 Å². The summed E-state index contributed by atoms with van der Waals surface area (Å²) in [6.07, 6.45) is 5.81. The fourth-order valence-corrected chi connectivity index (χ4v) is 2.35. The van der Waals surface area contributed by atoms with Crippen LogP contribution in [0.2, 0.25) is 0 Å². The molecule has 2 heterocycles. The molecule has 1 fully saturated rings. The second-order valence-corrected chi connectivity index (χ2v) is 4.77. The third-order valence-electron chi connectivity index (χ3n) is 3.58. The predicted octanol–water partition coefficient (Wildman–Crippen LogP) is 0.719. The van der Waals surface area contributed by atoms with Crippen LogP contribution in [0.1, 0.15) is 36.6 Å². The van der Waals surface area contributed by atoms with Crippen molar-refractivity contribution >= 4 is 0 Å². The maximum Gasteiger partial charge on any atom is 0.0620 e. The van der Waals surface area contributed by atoms with Gasteiger partial charge < -0.3 is 5.73 Å². The number of piperidine rings is 1. The molecular formula is C12H23N5. The van der Waals surface area contributed by atoms with Crippen LogP contribution in [-0.2, 0) is 7.05 Å². The summed E-state index contributed by atoms with van der Waals surface area (Å²) in [5, 5.41) is 6.58. The molecule has 0 amide bonds. The molecule has 1 unspecified atom stereocenters. The second kappa shape index (κ2) is 5.62. The van der Waals surface area contributed by atoms with Crippen molar-refractivity contribution in [3.05, 3.63) is 17.5 Å². The Bertz CT molecular complexity index is 354. The first-order chi connectivity index (χ1) is 8.22. The minimum atomic E-state index is 0.182. The number of hydrogen-bond donors (Lipinski definition) is 2. The first-order valence-electron chi connectivity index (χ1n) is 6.42. The molecule has 1 saturated heterocycles. The Labute approximate surface area is 103 Å². The lowest BCUT2D eigenvalue weighted by Crippen LogP contribution is -2.45. The van der Waals surface area contributed by atoms with Crippen molar-refractivity contribution in [3.63, 3.8) is 0 Å². The molecule has 5 nitrogen and oxygen atoms in total. The van der Waals surface area contributed by atoms with E-state index in [9.17, 15) is 0 Å². The van der Waals surface area contributed by atoms with Gasteiger partial charge in [-0.2, -0.15) is 5.10 Å². The van der Waals surface area contributed by atoms with Gasteiger partial charge in [-0.25, -0.2) is 10.4 Å². The van der Waals surface area contributed by atoms with Gasteiger partial charge in [-0.3, -0.25) is 4.68 Å². The number of nitrogens with one attached hydrogen (secondary N) is 1. The zero-order valence-electron chi connectivity index (χ0n) is 10.8. The van der Waals surface area contributed by atoms with Gasteiger partial charge in [0.2, 0.25) is 0 Å². The summed E-state index contributed by atoms with van der Waals surface area (Å²) in [6.45, 7) is 4.93. The third kappa shape index (κ3) is 2.86. The lowest BCUT2D eigenvalue weighted by Gasteiger charge is -2.31. The Kier molecular flexibility index (Phi) is 4.15. The van der Waals surface area contributed by atoms with Crippen LogP contribution < -0.4 is 11.2 Å². The summed E-state index contributed by atoms with van der Waals surface area (Å²) in [4.78, 5) is 0. The second-order valence-electron chi connectivity index (χ2n) is 4.77. The molecule has 2 rings (SSSR count). The lowest BCUT2D eigenvalue weighted by atomic mass is 10.1. The molecule has 1 atom stereocenters. The van der Waals surface area contributed by atoms with Crippen molar-refractivity contribution in [2.45, 2.75) is 32.2 Å². The SMILES string of the molecule is Cc1c(C(CN)NN2CCCCC2)cnn1C. The average molecular weight is 237 g/mol. The first-order valence-corrected chi connectivity index (χ1v) is 6.42. The molecule has 17 heavy (non-hydrogen) atoms. The van der Waals surface area contributed by atoms with E-state index in [1.54, 1.807) is 0 Å². The molecule has 0 spiro atoms. The number of aryl methyl sites for hydroxylation is 1. The summed E-state index contributed by atoms with van der Waals surface area (Å²) in [5.74, 6) is 0. The van der Waals surface area contributed by atoms with Gasteiger partial charge in [0.15, 0.2) is 0 Å². The number of rotatable bonds is 4. The molecule has 1 aromatic heterocycles. The highest BCUT2D eigenvalue weighted by atomic mass is 15.5. The van der Waals surface area contributed by atoms with Crippen molar-refractivity contribution in [2.24, 2.45) is 12.8 Å². The van der Waals surface area contributed by atoms with Crippen molar-refractivity contribution in [3.8, 4) is 0 Å². The molecule has 1 aromatic rings. The van der Waals surface area contributed by atoms with Crippen LogP contribution in [0.4, 0.5) is 0 Å². The number of nitrogens with zero attached hydrogens (tertiary/aromatic N) is 3. The van der Waals surface area contributed by atoms with Crippen LogP contribution in [0.25, 0.3) is 0 Å². The number of hydrogen-bond acceptors (Lipinski definition) is 4. The standard InChI is InChI=1S/C12H23N5/c1-10-11(9-14-16(10)2)12(8-13)15-17-6-4-3-5-7-17/h9,12,15H,3-8,13H2,1-2H3.